The topological polar surface area (TPSA) is 104 Å². The van der Waals surface area contributed by atoms with Gasteiger partial charge in [-0.1, -0.05) is 12.1 Å². The highest BCUT2D eigenvalue weighted by Crippen LogP contribution is 2.19. The number of aromatic nitrogens is 4. The summed E-state index contributed by atoms with van der Waals surface area (Å²) in [4.78, 5) is 11.0. The van der Waals surface area contributed by atoms with E-state index in [9.17, 15) is 9.90 Å². The molecule has 1 aromatic heterocycles. The molecular formula is C9H7N4O3-. The average Bonchev–Trinajstić information content (AvgIpc) is 2.74. The quantitative estimate of drug-likeness (QED) is 0.689. The maximum absolute atomic E-state index is 11.0. The van der Waals surface area contributed by atoms with Crippen molar-refractivity contribution < 1.29 is 15.0 Å². The molecule has 0 spiro atoms. The summed E-state index contributed by atoms with van der Waals surface area (Å²) in [5, 5.41) is 30.3. The van der Waals surface area contributed by atoms with Gasteiger partial charge in [0.15, 0.2) is 0 Å². The zero-order chi connectivity index (χ0) is 11.5. The number of rotatable bonds is 3. The van der Waals surface area contributed by atoms with Crippen molar-refractivity contribution in [2.24, 2.45) is 0 Å². The lowest BCUT2D eigenvalue weighted by atomic mass is 10.1. The van der Waals surface area contributed by atoms with Gasteiger partial charge in [-0.3, -0.25) is 0 Å². The van der Waals surface area contributed by atoms with Gasteiger partial charge in [0.1, 0.15) is 18.1 Å². The van der Waals surface area contributed by atoms with Crippen LogP contribution < -0.4 is 5.11 Å². The second-order valence-corrected chi connectivity index (χ2v) is 3.10. The number of nitrogens with zero attached hydrogens (tertiary/aromatic N) is 4. The monoisotopic (exact) mass is 219 g/mol. The van der Waals surface area contributed by atoms with E-state index in [2.05, 4.69) is 15.5 Å². The summed E-state index contributed by atoms with van der Waals surface area (Å²) in [7, 11) is 0. The molecule has 82 valence electrons. The van der Waals surface area contributed by atoms with Gasteiger partial charge >= 0.3 is 0 Å². The van der Waals surface area contributed by atoms with E-state index < -0.39 is 12.0 Å². The molecular weight excluding hydrogens is 212 g/mol. The molecule has 0 amide bonds. The average molecular weight is 219 g/mol. The van der Waals surface area contributed by atoms with Crippen molar-refractivity contribution in [3.05, 3.63) is 36.2 Å². The van der Waals surface area contributed by atoms with Crippen LogP contribution in [0, 0.1) is 0 Å². The zero-order valence-electron chi connectivity index (χ0n) is 8.02. The molecule has 0 unspecified atom stereocenters. The maximum atomic E-state index is 11.0. The first-order valence-electron chi connectivity index (χ1n) is 4.41. The molecule has 7 nitrogen and oxygen atoms in total. The van der Waals surface area contributed by atoms with Crippen LogP contribution in [0.2, 0.25) is 0 Å². The van der Waals surface area contributed by atoms with Crippen molar-refractivity contribution in [1.82, 2.24) is 20.2 Å². The van der Waals surface area contributed by atoms with Gasteiger partial charge in [0.2, 0.25) is 0 Å². The molecule has 0 fully saturated rings. The number of phenolic OH excluding ortho intramolecular Hbond substituents is 1. The minimum atomic E-state index is -1.32. The van der Waals surface area contributed by atoms with Crippen LogP contribution in [0.1, 0.15) is 11.6 Å². The number of benzene rings is 1. The third-order valence-electron chi connectivity index (χ3n) is 2.06. The van der Waals surface area contributed by atoms with E-state index in [1.165, 1.54) is 30.6 Å². The highest BCUT2D eigenvalue weighted by molar-refractivity contribution is 5.73. The Hall–Kier alpha value is -2.44. The molecule has 0 bridgehead atoms. The van der Waals surface area contributed by atoms with Crippen LogP contribution in [0.3, 0.4) is 0 Å². The van der Waals surface area contributed by atoms with Gasteiger partial charge in [0.05, 0.1) is 5.97 Å². The fraction of sp³-hybridized carbons (Fsp3) is 0.111. The number of phenols is 1. The van der Waals surface area contributed by atoms with E-state index in [1.54, 1.807) is 0 Å². The number of carbonyl (C=O) groups is 1. The predicted molar refractivity (Wildman–Crippen MR) is 49.1 cm³/mol. The summed E-state index contributed by atoms with van der Waals surface area (Å²) in [6, 6.07) is 4.61. The van der Waals surface area contributed by atoms with Crippen molar-refractivity contribution in [1.29, 1.82) is 0 Å². The molecule has 0 aliphatic heterocycles. The van der Waals surface area contributed by atoms with Crippen molar-refractivity contribution in [3.8, 4) is 5.75 Å². The summed E-state index contributed by atoms with van der Waals surface area (Å²) in [5.74, 6) is -1.27. The largest absolute Gasteiger partial charge is 0.547 e. The molecule has 1 atom stereocenters. The standard InChI is InChI=1S/C9H8N4O3/c14-7-3-1-6(2-4-7)8(9(15)16)13-5-10-11-12-13/h1-5,8,14H,(H,15,16)/p-1/t8-/m0/s1. The van der Waals surface area contributed by atoms with E-state index in [-0.39, 0.29) is 5.75 Å². The maximum Gasteiger partial charge on any atom is 0.139 e. The minimum Gasteiger partial charge on any atom is -0.547 e. The predicted octanol–water partition coefficient (Wildman–Crippen LogP) is -1.28. The lowest BCUT2D eigenvalue weighted by Gasteiger charge is -2.17. The molecule has 2 aromatic rings. The Bertz CT molecular complexity index is 480. The fourth-order valence-electron chi connectivity index (χ4n) is 1.34. The van der Waals surface area contributed by atoms with E-state index in [0.29, 0.717) is 5.56 Å². The highest BCUT2D eigenvalue weighted by Gasteiger charge is 2.16. The number of aliphatic carboxylic acids is 1. The molecule has 1 heterocycles. The molecule has 1 N–H and O–H groups in total. The Kier molecular flexibility index (Phi) is 2.50. The van der Waals surface area contributed by atoms with Crippen molar-refractivity contribution >= 4 is 5.97 Å². The van der Waals surface area contributed by atoms with Gasteiger partial charge < -0.3 is 15.0 Å². The van der Waals surface area contributed by atoms with Crippen LogP contribution in [0.4, 0.5) is 0 Å². The molecule has 2 rings (SSSR count). The van der Waals surface area contributed by atoms with Gasteiger partial charge in [-0.25, -0.2) is 4.68 Å². The summed E-state index contributed by atoms with van der Waals surface area (Å²) >= 11 is 0. The van der Waals surface area contributed by atoms with E-state index in [1.807, 2.05) is 0 Å². The number of hydrogen-bond donors (Lipinski definition) is 1. The van der Waals surface area contributed by atoms with Crippen molar-refractivity contribution in [2.45, 2.75) is 6.04 Å². The summed E-state index contributed by atoms with van der Waals surface area (Å²) in [6.45, 7) is 0. The van der Waals surface area contributed by atoms with E-state index in [4.69, 9.17) is 5.11 Å². The molecule has 0 saturated heterocycles. The lowest BCUT2D eigenvalue weighted by Crippen LogP contribution is -2.34. The number of carboxylic acid groups (broad SMARTS) is 1. The Morgan fingerprint density at radius 2 is 2.06 bits per heavy atom. The zero-order valence-corrected chi connectivity index (χ0v) is 8.02. The molecule has 0 aliphatic carbocycles. The first-order valence-corrected chi connectivity index (χ1v) is 4.41. The smallest absolute Gasteiger partial charge is 0.139 e. The van der Waals surface area contributed by atoms with Crippen molar-refractivity contribution in [2.75, 3.05) is 0 Å². The Labute approximate surface area is 90.0 Å². The molecule has 16 heavy (non-hydrogen) atoms. The molecule has 0 radical (unpaired) electrons. The Morgan fingerprint density at radius 3 is 2.56 bits per heavy atom. The van der Waals surface area contributed by atoms with Gasteiger partial charge in [0, 0.05) is 0 Å². The van der Waals surface area contributed by atoms with E-state index in [0.717, 1.165) is 4.68 Å². The molecule has 7 heteroatoms. The number of carbonyl (C=O) groups excluding carboxylic acids is 1. The van der Waals surface area contributed by atoms with Crippen LogP contribution in [-0.2, 0) is 4.79 Å². The first kappa shape index (κ1) is 10.1. The lowest BCUT2D eigenvalue weighted by molar-refractivity contribution is -0.309. The number of hydrogen-bond acceptors (Lipinski definition) is 6. The highest BCUT2D eigenvalue weighted by atomic mass is 16.4. The number of tetrazole rings is 1. The van der Waals surface area contributed by atoms with Gasteiger partial charge in [0.25, 0.3) is 0 Å². The summed E-state index contributed by atoms with van der Waals surface area (Å²) in [5.41, 5.74) is 0.421. The molecule has 0 aliphatic rings. The molecule has 1 aromatic carbocycles. The Morgan fingerprint density at radius 1 is 1.38 bits per heavy atom. The second kappa shape index (κ2) is 3.97. The van der Waals surface area contributed by atoms with Crippen molar-refractivity contribution in [3.63, 3.8) is 0 Å². The van der Waals surface area contributed by atoms with Crippen LogP contribution >= 0.6 is 0 Å². The normalized spacial score (nSPS) is 12.2. The van der Waals surface area contributed by atoms with Crippen LogP contribution in [0.15, 0.2) is 30.6 Å². The number of aromatic hydroxyl groups is 1. The van der Waals surface area contributed by atoms with E-state index >= 15 is 0 Å². The van der Waals surface area contributed by atoms with Crippen LogP contribution in [0.5, 0.6) is 5.75 Å². The molecule has 0 saturated carbocycles. The fourth-order valence-corrected chi connectivity index (χ4v) is 1.34. The summed E-state index contributed by atoms with van der Waals surface area (Å²) in [6.07, 6.45) is 1.19. The SMILES string of the molecule is O=C([O-])[C@H](c1ccc(O)cc1)n1cnnn1. The Balaban J connectivity index is 2.41. The number of carboxylic acids is 1. The minimum absolute atomic E-state index is 0.0533. The van der Waals surface area contributed by atoms with Gasteiger partial charge in [-0.2, -0.15) is 0 Å². The third kappa shape index (κ3) is 1.83. The second-order valence-electron chi connectivity index (χ2n) is 3.10. The van der Waals surface area contributed by atoms with Crippen LogP contribution in [-0.4, -0.2) is 31.3 Å². The van der Waals surface area contributed by atoms with Gasteiger partial charge in [-0.05, 0) is 28.1 Å². The third-order valence-corrected chi connectivity index (χ3v) is 2.06. The van der Waals surface area contributed by atoms with Gasteiger partial charge in [-0.15, -0.1) is 5.10 Å². The first-order chi connectivity index (χ1) is 7.68. The summed E-state index contributed by atoms with van der Waals surface area (Å²) < 4.78 is 1.07. The van der Waals surface area contributed by atoms with Crippen LogP contribution in [0.25, 0.3) is 0 Å².